The highest BCUT2D eigenvalue weighted by Gasteiger charge is 2.34. The van der Waals surface area contributed by atoms with Gasteiger partial charge in [0.25, 0.3) is 0 Å². The van der Waals surface area contributed by atoms with Crippen LogP contribution in [0.15, 0.2) is 42.9 Å². The third kappa shape index (κ3) is 4.42. The molecule has 0 aliphatic carbocycles. The van der Waals surface area contributed by atoms with Gasteiger partial charge in [0.15, 0.2) is 0 Å². The van der Waals surface area contributed by atoms with Gasteiger partial charge in [0.1, 0.15) is 0 Å². The van der Waals surface area contributed by atoms with Crippen molar-refractivity contribution in [2.24, 2.45) is 5.92 Å². The first kappa shape index (κ1) is 17.5. The summed E-state index contributed by atoms with van der Waals surface area (Å²) >= 11 is 0. The molecule has 2 atom stereocenters. The Morgan fingerprint density at radius 3 is 2.64 bits per heavy atom. The van der Waals surface area contributed by atoms with Crippen molar-refractivity contribution < 1.29 is 9.90 Å². The molecule has 3 rings (SSSR count). The Kier molecular flexibility index (Phi) is 5.43. The Morgan fingerprint density at radius 2 is 2.00 bits per heavy atom. The van der Waals surface area contributed by atoms with Crippen molar-refractivity contribution in [1.29, 1.82) is 0 Å². The van der Waals surface area contributed by atoms with Gasteiger partial charge in [0.05, 0.1) is 18.2 Å². The predicted octanol–water partition coefficient (Wildman–Crippen LogP) is 2.20. The van der Waals surface area contributed by atoms with E-state index in [1.165, 1.54) is 5.56 Å². The van der Waals surface area contributed by atoms with Crippen LogP contribution < -0.4 is 0 Å². The van der Waals surface area contributed by atoms with E-state index in [-0.39, 0.29) is 11.8 Å². The minimum Gasteiger partial charge on any atom is -0.391 e. The van der Waals surface area contributed by atoms with Crippen molar-refractivity contribution in [3.8, 4) is 0 Å². The van der Waals surface area contributed by atoms with E-state index in [0.717, 1.165) is 11.3 Å². The van der Waals surface area contributed by atoms with Gasteiger partial charge in [0, 0.05) is 37.6 Å². The van der Waals surface area contributed by atoms with Crippen LogP contribution in [-0.4, -0.2) is 45.1 Å². The van der Waals surface area contributed by atoms with Crippen LogP contribution in [0.2, 0.25) is 0 Å². The molecular weight excluding hydrogens is 314 g/mol. The lowest BCUT2D eigenvalue weighted by atomic mass is 10.0. The summed E-state index contributed by atoms with van der Waals surface area (Å²) in [7, 11) is 0. The molecule has 5 nitrogen and oxygen atoms in total. The summed E-state index contributed by atoms with van der Waals surface area (Å²) in [6.07, 6.45) is 5.52. The quantitative estimate of drug-likeness (QED) is 0.907. The Morgan fingerprint density at radius 1 is 1.24 bits per heavy atom. The van der Waals surface area contributed by atoms with Crippen LogP contribution in [0.3, 0.4) is 0 Å². The zero-order valence-corrected chi connectivity index (χ0v) is 14.8. The lowest BCUT2D eigenvalue weighted by Crippen LogP contribution is -2.31. The summed E-state index contributed by atoms with van der Waals surface area (Å²) in [4.78, 5) is 22.6. The lowest BCUT2D eigenvalue weighted by molar-refractivity contribution is -0.129. The lowest BCUT2D eigenvalue weighted by Gasteiger charge is -2.16. The van der Waals surface area contributed by atoms with E-state index >= 15 is 0 Å². The number of aliphatic hydroxyl groups is 1. The summed E-state index contributed by atoms with van der Waals surface area (Å²) in [6, 6.07) is 8.22. The summed E-state index contributed by atoms with van der Waals surface area (Å²) in [5.41, 5.74) is 3.14. The third-order valence-electron chi connectivity index (χ3n) is 4.85. The molecule has 2 aromatic rings. The summed E-state index contributed by atoms with van der Waals surface area (Å²) < 4.78 is 0. The predicted molar refractivity (Wildman–Crippen MR) is 96.0 cm³/mol. The van der Waals surface area contributed by atoms with E-state index < -0.39 is 6.10 Å². The minimum atomic E-state index is -0.505. The molecule has 1 aliphatic heterocycles. The average molecular weight is 339 g/mol. The first-order valence-electron chi connectivity index (χ1n) is 8.82. The first-order valence-corrected chi connectivity index (χ1v) is 8.82. The molecule has 25 heavy (non-hydrogen) atoms. The maximum atomic E-state index is 12.6. The van der Waals surface area contributed by atoms with Crippen molar-refractivity contribution in [1.82, 2.24) is 14.9 Å². The van der Waals surface area contributed by atoms with Crippen LogP contribution in [0, 0.1) is 5.92 Å². The molecule has 0 radical (unpaired) electrons. The van der Waals surface area contributed by atoms with Crippen LogP contribution in [-0.2, 0) is 17.6 Å². The number of likely N-dealkylation sites (tertiary alicyclic amines) is 1. The molecule has 0 saturated carbocycles. The number of rotatable bonds is 5. The second-order valence-corrected chi connectivity index (χ2v) is 7.10. The summed E-state index contributed by atoms with van der Waals surface area (Å²) in [5, 5.41) is 10.3. The van der Waals surface area contributed by atoms with Crippen molar-refractivity contribution >= 4 is 5.91 Å². The van der Waals surface area contributed by atoms with Gasteiger partial charge in [-0.2, -0.15) is 0 Å². The highest BCUT2D eigenvalue weighted by Crippen LogP contribution is 2.22. The zero-order valence-electron chi connectivity index (χ0n) is 14.8. The summed E-state index contributed by atoms with van der Waals surface area (Å²) in [5.74, 6) is 0.572. The molecule has 1 aliphatic rings. The molecule has 0 bridgehead atoms. The van der Waals surface area contributed by atoms with Gasteiger partial charge in [-0.15, -0.1) is 0 Å². The molecule has 0 spiro atoms. The minimum absolute atomic E-state index is 0.0176. The van der Waals surface area contributed by atoms with Gasteiger partial charge >= 0.3 is 0 Å². The molecule has 1 aromatic carbocycles. The van der Waals surface area contributed by atoms with Crippen molar-refractivity contribution in [3.63, 3.8) is 0 Å². The highest BCUT2D eigenvalue weighted by molar-refractivity contribution is 5.79. The first-order chi connectivity index (χ1) is 12.0. The monoisotopic (exact) mass is 339 g/mol. The Hall–Kier alpha value is -2.27. The van der Waals surface area contributed by atoms with Gasteiger partial charge in [-0.1, -0.05) is 38.1 Å². The zero-order chi connectivity index (χ0) is 17.8. The van der Waals surface area contributed by atoms with E-state index in [1.54, 1.807) is 23.5 Å². The number of carbonyl (C=O) groups excluding carboxylic acids is 1. The number of aromatic nitrogens is 2. The number of benzene rings is 1. The molecule has 0 unspecified atom stereocenters. The maximum Gasteiger partial charge on any atom is 0.227 e. The number of β-amino-alcohol motifs (C(OH)–C–C–N with tert-alkyl or cyclic N) is 1. The van der Waals surface area contributed by atoms with Gasteiger partial charge in [-0.3, -0.25) is 14.8 Å². The van der Waals surface area contributed by atoms with Gasteiger partial charge in [0.2, 0.25) is 5.91 Å². The number of aliphatic hydroxyl groups excluding tert-OH is 1. The molecular formula is C20H25N3O2. The fraction of sp³-hybridized carbons (Fsp3) is 0.450. The molecule has 1 N–H and O–H groups in total. The Labute approximate surface area is 148 Å². The van der Waals surface area contributed by atoms with Crippen LogP contribution >= 0.6 is 0 Å². The van der Waals surface area contributed by atoms with E-state index in [9.17, 15) is 9.90 Å². The second kappa shape index (κ2) is 7.74. The standard InChI is InChI=1S/C20H25N3O2/c1-14(2)16-5-3-15(4-6-16)9-20(25)23-12-17(19(24)13-23)10-18-11-21-7-8-22-18/h3-8,11,14,17,19,24H,9-10,12-13H2,1-2H3/t17-,19-/m1/s1. The third-order valence-corrected chi connectivity index (χ3v) is 4.85. The number of amides is 1. The van der Waals surface area contributed by atoms with E-state index in [1.807, 2.05) is 12.1 Å². The Bertz CT molecular complexity index is 701. The largest absolute Gasteiger partial charge is 0.391 e. The molecule has 132 valence electrons. The molecule has 1 amide bonds. The number of nitrogens with zero attached hydrogens (tertiary/aromatic N) is 3. The number of hydrogen-bond acceptors (Lipinski definition) is 4. The SMILES string of the molecule is CC(C)c1ccc(CC(=O)N2C[C@@H](Cc3cnccn3)[C@H](O)C2)cc1. The van der Waals surface area contributed by atoms with Crippen molar-refractivity contribution in [2.45, 2.75) is 38.7 Å². The smallest absolute Gasteiger partial charge is 0.227 e. The van der Waals surface area contributed by atoms with Crippen LogP contribution in [0.4, 0.5) is 0 Å². The molecule has 5 heteroatoms. The van der Waals surface area contributed by atoms with Gasteiger partial charge in [-0.05, 0) is 23.5 Å². The van der Waals surface area contributed by atoms with Gasteiger partial charge in [-0.25, -0.2) is 0 Å². The fourth-order valence-corrected chi connectivity index (χ4v) is 3.27. The number of hydrogen-bond donors (Lipinski definition) is 1. The maximum absolute atomic E-state index is 12.6. The second-order valence-electron chi connectivity index (χ2n) is 7.10. The van der Waals surface area contributed by atoms with Crippen molar-refractivity contribution in [2.75, 3.05) is 13.1 Å². The molecule has 1 saturated heterocycles. The topological polar surface area (TPSA) is 66.3 Å². The summed E-state index contributed by atoms with van der Waals surface area (Å²) in [6.45, 7) is 5.28. The molecule has 2 heterocycles. The van der Waals surface area contributed by atoms with Crippen molar-refractivity contribution in [3.05, 3.63) is 59.7 Å². The van der Waals surface area contributed by atoms with Crippen LogP contribution in [0.25, 0.3) is 0 Å². The van der Waals surface area contributed by atoms with Gasteiger partial charge < -0.3 is 10.0 Å². The molecule has 1 aromatic heterocycles. The number of carbonyl (C=O) groups is 1. The van der Waals surface area contributed by atoms with E-state index in [4.69, 9.17) is 0 Å². The molecule has 1 fully saturated rings. The van der Waals surface area contributed by atoms with Crippen LogP contribution in [0.1, 0.15) is 36.6 Å². The van der Waals surface area contributed by atoms with E-state index in [0.29, 0.717) is 31.8 Å². The van der Waals surface area contributed by atoms with Crippen LogP contribution in [0.5, 0.6) is 0 Å². The van der Waals surface area contributed by atoms with E-state index in [2.05, 4.69) is 35.9 Å². The fourth-order valence-electron chi connectivity index (χ4n) is 3.27. The normalized spacial score (nSPS) is 20.2. The highest BCUT2D eigenvalue weighted by atomic mass is 16.3. The Balaban J connectivity index is 1.58. The average Bonchev–Trinajstić information content (AvgIpc) is 2.97.